The van der Waals surface area contributed by atoms with E-state index in [-0.39, 0.29) is 18.5 Å². The van der Waals surface area contributed by atoms with E-state index >= 15 is 0 Å². The van der Waals surface area contributed by atoms with Gasteiger partial charge in [0.2, 0.25) is 21.8 Å². The number of carbonyl (C=O) groups is 1. The molecule has 1 aliphatic heterocycles. The summed E-state index contributed by atoms with van der Waals surface area (Å²) in [6, 6.07) is 9.22. The Labute approximate surface area is 139 Å². The molecule has 1 atom stereocenters. The second-order valence-electron chi connectivity index (χ2n) is 5.73. The first-order valence-electron chi connectivity index (χ1n) is 7.58. The van der Waals surface area contributed by atoms with Gasteiger partial charge in [0.1, 0.15) is 0 Å². The molecule has 1 amide bonds. The fraction of sp³-hybridized carbons (Fsp3) is 0.400. The summed E-state index contributed by atoms with van der Waals surface area (Å²) < 4.78 is 30.0. The number of benzene rings is 1. The van der Waals surface area contributed by atoms with Crippen LogP contribution in [0.25, 0.3) is 11.5 Å². The molecule has 1 fully saturated rings. The van der Waals surface area contributed by atoms with Gasteiger partial charge in [0.05, 0.1) is 12.2 Å². The van der Waals surface area contributed by atoms with Crippen molar-refractivity contribution in [2.24, 2.45) is 5.92 Å². The van der Waals surface area contributed by atoms with E-state index in [4.69, 9.17) is 4.42 Å². The molecule has 0 aliphatic carbocycles. The number of rotatable bonds is 4. The van der Waals surface area contributed by atoms with E-state index in [1.807, 2.05) is 30.3 Å². The lowest BCUT2D eigenvalue weighted by Gasteiger charge is -2.29. The minimum absolute atomic E-state index is 0.00957. The van der Waals surface area contributed by atoms with E-state index in [1.165, 1.54) is 4.31 Å². The smallest absolute Gasteiger partial charge is 0.322 e. The topological polar surface area (TPSA) is 105 Å². The summed E-state index contributed by atoms with van der Waals surface area (Å²) in [5, 5.41) is 10.3. The van der Waals surface area contributed by atoms with Gasteiger partial charge in [0.15, 0.2) is 0 Å². The van der Waals surface area contributed by atoms with Crippen molar-refractivity contribution in [3.8, 4) is 11.5 Å². The van der Waals surface area contributed by atoms with Crippen molar-refractivity contribution in [3.05, 3.63) is 30.3 Å². The molecule has 1 aromatic carbocycles. The summed E-state index contributed by atoms with van der Waals surface area (Å²) in [6.07, 6.45) is 2.42. The Hall–Kier alpha value is -2.26. The summed E-state index contributed by atoms with van der Waals surface area (Å²) in [5.74, 6) is -0.431. The van der Waals surface area contributed by atoms with E-state index < -0.39 is 15.9 Å². The summed E-state index contributed by atoms with van der Waals surface area (Å²) >= 11 is 0. The molecular formula is C15H18N4O4S. The molecule has 0 radical (unpaired) electrons. The molecule has 1 aromatic heterocycles. The van der Waals surface area contributed by atoms with E-state index in [0.717, 1.165) is 11.8 Å². The summed E-state index contributed by atoms with van der Waals surface area (Å²) in [7, 11) is -3.30. The predicted octanol–water partition coefficient (Wildman–Crippen LogP) is 1.35. The van der Waals surface area contributed by atoms with Crippen molar-refractivity contribution in [1.82, 2.24) is 14.5 Å². The van der Waals surface area contributed by atoms with Crippen molar-refractivity contribution in [2.75, 3.05) is 24.7 Å². The Morgan fingerprint density at radius 2 is 2.04 bits per heavy atom. The summed E-state index contributed by atoms with van der Waals surface area (Å²) in [4.78, 5) is 12.3. The highest BCUT2D eigenvalue weighted by Crippen LogP contribution is 2.22. The normalized spacial score (nSPS) is 19.1. The molecule has 0 saturated carbocycles. The highest BCUT2D eigenvalue weighted by Gasteiger charge is 2.30. The number of anilines is 1. The van der Waals surface area contributed by atoms with Crippen LogP contribution in [0.1, 0.15) is 12.8 Å². The molecule has 2 aromatic rings. The molecule has 0 spiro atoms. The molecule has 1 saturated heterocycles. The van der Waals surface area contributed by atoms with Crippen LogP contribution in [0.5, 0.6) is 0 Å². The molecule has 1 aliphatic rings. The van der Waals surface area contributed by atoms with Crippen LogP contribution in [0, 0.1) is 5.92 Å². The third-order valence-electron chi connectivity index (χ3n) is 3.90. The van der Waals surface area contributed by atoms with Crippen LogP contribution in [-0.4, -0.2) is 48.2 Å². The maximum atomic E-state index is 12.3. The molecule has 0 bridgehead atoms. The quantitative estimate of drug-likeness (QED) is 0.892. The van der Waals surface area contributed by atoms with Gasteiger partial charge >= 0.3 is 6.01 Å². The Morgan fingerprint density at radius 1 is 1.29 bits per heavy atom. The van der Waals surface area contributed by atoms with Crippen LogP contribution in [0.2, 0.25) is 0 Å². The minimum Gasteiger partial charge on any atom is -0.403 e. The lowest BCUT2D eigenvalue weighted by atomic mass is 9.99. The maximum absolute atomic E-state index is 12.3. The number of sulfonamides is 1. The summed E-state index contributed by atoms with van der Waals surface area (Å²) in [5.41, 5.74) is 0.756. The van der Waals surface area contributed by atoms with Crippen LogP contribution in [-0.2, 0) is 14.8 Å². The van der Waals surface area contributed by atoms with Crippen molar-refractivity contribution in [3.63, 3.8) is 0 Å². The molecule has 3 rings (SSSR count). The number of hydrogen-bond donors (Lipinski definition) is 1. The number of nitrogens with one attached hydrogen (secondary N) is 1. The van der Waals surface area contributed by atoms with E-state index in [9.17, 15) is 13.2 Å². The van der Waals surface area contributed by atoms with Crippen molar-refractivity contribution in [2.45, 2.75) is 12.8 Å². The number of amides is 1. The molecule has 2 heterocycles. The largest absolute Gasteiger partial charge is 0.403 e. The summed E-state index contributed by atoms with van der Waals surface area (Å²) in [6.45, 7) is 0.617. The highest BCUT2D eigenvalue weighted by molar-refractivity contribution is 7.88. The van der Waals surface area contributed by atoms with Gasteiger partial charge in [-0.05, 0) is 25.0 Å². The second-order valence-corrected chi connectivity index (χ2v) is 7.71. The van der Waals surface area contributed by atoms with E-state index in [1.54, 1.807) is 0 Å². The highest BCUT2D eigenvalue weighted by atomic mass is 32.2. The zero-order chi connectivity index (χ0) is 17.2. The van der Waals surface area contributed by atoms with Crippen LogP contribution in [0.3, 0.4) is 0 Å². The van der Waals surface area contributed by atoms with Crippen molar-refractivity contribution < 1.29 is 17.6 Å². The standard InChI is InChI=1S/C15H18N4O4S/c1-24(21,22)19-9-5-8-12(10-19)13(20)16-15-18-17-14(23-15)11-6-3-2-4-7-11/h2-4,6-7,12H,5,8-10H2,1H3,(H,16,18,20)/t12-/m0/s1. The van der Waals surface area contributed by atoms with Gasteiger partial charge in [-0.1, -0.05) is 23.3 Å². The van der Waals surface area contributed by atoms with Gasteiger partial charge in [-0.3, -0.25) is 10.1 Å². The monoisotopic (exact) mass is 350 g/mol. The molecule has 9 heteroatoms. The van der Waals surface area contributed by atoms with Gasteiger partial charge in [-0.15, -0.1) is 5.10 Å². The van der Waals surface area contributed by atoms with Gasteiger partial charge < -0.3 is 4.42 Å². The zero-order valence-electron chi connectivity index (χ0n) is 13.2. The van der Waals surface area contributed by atoms with Crippen molar-refractivity contribution >= 4 is 21.9 Å². The van der Waals surface area contributed by atoms with Gasteiger partial charge in [-0.2, -0.15) is 0 Å². The average Bonchev–Trinajstić information content (AvgIpc) is 3.03. The minimum atomic E-state index is -3.30. The van der Waals surface area contributed by atoms with E-state index in [0.29, 0.717) is 25.3 Å². The fourth-order valence-corrected chi connectivity index (χ4v) is 3.55. The fourth-order valence-electron chi connectivity index (χ4n) is 2.64. The van der Waals surface area contributed by atoms with Gasteiger partial charge in [0, 0.05) is 18.7 Å². The van der Waals surface area contributed by atoms with Crippen LogP contribution in [0.15, 0.2) is 34.7 Å². The zero-order valence-corrected chi connectivity index (χ0v) is 14.0. The lowest BCUT2D eigenvalue weighted by molar-refractivity contribution is -0.121. The number of carbonyl (C=O) groups excluding carboxylic acids is 1. The first-order chi connectivity index (χ1) is 11.4. The Kier molecular flexibility index (Phi) is 4.63. The Bertz CT molecular complexity index is 819. The first kappa shape index (κ1) is 16.6. The second kappa shape index (κ2) is 6.70. The molecule has 8 nitrogen and oxygen atoms in total. The van der Waals surface area contributed by atoms with Crippen LogP contribution in [0.4, 0.5) is 6.01 Å². The van der Waals surface area contributed by atoms with Crippen LogP contribution >= 0.6 is 0 Å². The van der Waals surface area contributed by atoms with E-state index in [2.05, 4.69) is 15.5 Å². The molecular weight excluding hydrogens is 332 g/mol. The number of piperidine rings is 1. The van der Waals surface area contributed by atoms with Gasteiger partial charge in [0.25, 0.3) is 0 Å². The molecule has 128 valence electrons. The number of hydrogen-bond acceptors (Lipinski definition) is 6. The molecule has 1 N–H and O–H groups in total. The third-order valence-corrected chi connectivity index (χ3v) is 5.17. The first-order valence-corrected chi connectivity index (χ1v) is 9.43. The SMILES string of the molecule is CS(=O)(=O)N1CCC[C@H](C(=O)Nc2nnc(-c3ccccc3)o2)C1. The third kappa shape index (κ3) is 3.80. The predicted molar refractivity (Wildman–Crippen MR) is 87.5 cm³/mol. The van der Waals surface area contributed by atoms with Crippen LogP contribution < -0.4 is 5.32 Å². The Morgan fingerprint density at radius 3 is 2.75 bits per heavy atom. The molecule has 0 unspecified atom stereocenters. The number of aromatic nitrogens is 2. The number of nitrogens with zero attached hydrogens (tertiary/aromatic N) is 3. The Balaban J connectivity index is 1.66. The van der Waals surface area contributed by atoms with Crippen molar-refractivity contribution in [1.29, 1.82) is 0 Å². The maximum Gasteiger partial charge on any atom is 0.322 e. The average molecular weight is 350 g/mol. The van der Waals surface area contributed by atoms with Gasteiger partial charge in [-0.25, -0.2) is 12.7 Å². The molecule has 24 heavy (non-hydrogen) atoms. The lowest BCUT2D eigenvalue weighted by Crippen LogP contribution is -2.43.